The van der Waals surface area contributed by atoms with Gasteiger partial charge < -0.3 is 14.5 Å². The van der Waals surface area contributed by atoms with Crippen molar-refractivity contribution in [2.75, 3.05) is 44.7 Å². The van der Waals surface area contributed by atoms with Crippen LogP contribution >= 0.6 is 11.3 Å². The number of likely N-dealkylation sites (tertiary alicyclic amines) is 1. The number of ether oxygens (including phenoxy) is 1. The van der Waals surface area contributed by atoms with Crippen LogP contribution in [0.2, 0.25) is 0 Å². The maximum absolute atomic E-state index is 5.42. The Morgan fingerprint density at radius 3 is 2.70 bits per heavy atom. The molecule has 2 aromatic rings. The van der Waals surface area contributed by atoms with Gasteiger partial charge in [0.2, 0.25) is 0 Å². The highest BCUT2D eigenvalue weighted by Crippen LogP contribution is 2.43. The molecule has 5 nitrogen and oxygen atoms in total. The third-order valence-corrected chi connectivity index (χ3v) is 8.18. The second kappa shape index (κ2) is 6.98. The normalized spacial score (nSPS) is 27.7. The minimum atomic E-state index is 0.531. The molecule has 0 bridgehead atoms. The summed E-state index contributed by atoms with van der Waals surface area (Å²) in [6.07, 6.45) is 8.47. The molecule has 3 aliphatic rings. The Hall–Kier alpha value is -1.24. The Morgan fingerprint density at radius 1 is 1.22 bits per heavy atom. The van der Waals surface area contributed by atoms with Gasteiger partial charge in [-0.25, -0.2) is 9.97 Å². The Kier molecular flexibility index (Phi) is 4.61. The van der Waals surface area contributed by atoms with Crippen LogP contribution in [0.5, 0.6) is 0 Å². The second-order valence-corrected chi connectivity index (χ2v) is 9.95. The van der Waals surface area contributed by atoms with Gasteiger partial charge in [-0.05, 0) is 49.5 Å². The SMILES string of the molecule is CCc1cc2c(N3CCC4(CC3)CN(CC3CC(OC)C3)C4)ncnc2s1. The number of rotatable bonds is 5. The van der Waals surface area contributed by atoms with Crippen molar-refractivity contribution in [1.82, 2.24) is 14.9 Å². The summed E-state index contributed by atoms with van der Waals surface area (Å²) in [6, 6.07) is 2.30. The van der Waals surface area contributed by atoms with Crippen molar-refractivity contribution in [2.24, 2.45) is 11.3 Å². The first-order chi connectivity index (χ1) is 13.2. The van der Waals surface area contributed by atoms with E-state index in [0.717, 1.165) is 36.1 Å². The van der Waals surface area contributed by atoms with E-state index in [0.29, 0.717) is 11.5 Å². The predicted molar refractivity (Wildman–Crippen MR) is 111 cm³/mol. The van der Waals surface area contributed by atoms with E-state index in [1.165, 1.54) is 55.6 Å². The highest BCUT2D eigenvalue weighted by Gasteiger charge is 2.46. The van der Waals surface area contributed by atoms with Gasteiger partial charge in [0.25, 0.3) is 0 Å². The molecule has 2 saturated heterocycles. The maximum atomic E-state index is 5.42. The van der Waals surface area contributed by atoms with E-state index in [9.17, 15) is 0 Å². The molecular weight excluding hydrogens is 356 g/mol. The van der Waals surface area contributed by atoms with Crippen LogP contribution in [0.3, 0.4) is 0 Å². The summed E-state index contributed by atoms with van der Waals surface area (Å²) < 4.78 is 5.42. The predicted octanol–water partition coefficient (Wildman–Crippen LogP) is 3.58. The van der Waals surface area contributed by atoms with Crippen LogP contribution in [-0.2, 0) is 11.2 Å². The summed E-state index contributed by atoms with van der Waals surface area (Å²) in [7, 11) is 1.85. The minimum Gasteiger partial charge on any atom is -0.381 e. The van der Waals surface area contributed by atoms with Crippen LogP contribution in [0, 0.1) is 11.3 Å². The fraction of sp³-hybridized carbons (Fsp3) is 0.714. The zero-order valence-electron chi connectivity index (χ0n) is 16.5. The maximum Gasteiger partial charge on any atom is 0.140 e. The lowest BCUT2D eigenvalue weighted by Crippen LogP contribution is -2.61. The summed E-state index contributed by atoms with van der Waals surface area (Å²) in [6.45, 7) is 8.36. The Morgan fingerprint density at radius 2 is 2.00 bits per heavy atom. The molecule has 27 heavy (non-hydrogen) atoms. The van der Waals surface area contributed by atoms with Gasteiger partial charge in [0.15, 0.2) is 0 Å². The molecule has 146 valence electrons. The van der Waals surface area contributed by atoms with E-state index < -0.39 is 0 Å². The van der Waals surface area contributed by atoms with Gasteiger partial charge in [-0.2, -0.15) is 0 Å². The topological polar surface area (TPSA) is 41.5 Å². The summed E-state index contributed by atoms with van der Waals surface area (Å²) in [5.41, 5.74) is 0.566. The zero-order valence-corrected chi connectivity index (χ0v) is 17.3. The molecule has 3 fully saturated rings. The molecule has 0 unspecified atom stereocenters. The first kappa shape index (κ1) is 17.8. The van der Waals surface area contributed by atoms with Gasteiger partial charge in [0.05, 0.1) is 11.5 Å². The van der Waals surface area contributed by atoms with Crippen LogP contribution < -0.4 is 4.90 Å². The number of methoxy groups -OCH3 is 1. The molecule has 4 heterocycles. The van der Waals surface area contributed by atoms with Crippen molar-refractivity contribution in [1.29, 1.82) is 0 Å². The average molecular weight is 387 g/mol. The highest BCUT2D eigenvalue weighted by atomic mass is 32.1. The molecule has 0 N–H and O–H groups in total. The zero-order chi connectivity index (χ0) is 18.4. The number of nitrogens with zero attached hydrogens (tertiary/aromatic N) is 4. The standard InChI is InChI=1S/C21H30N4OS/c1-3-17-10-18-19(22-14-23-20(18)27-17)25-6-4-21(5-7-25)12-24(13-21)11-15-8-16(9-15)26-2/h10,14-16H,3-9,11-13H2,1-2H3. The van der Waals surface area contributed by atoms with Crippen molar-refractivity contribution in [3.8, 4) is 0 Å². The quantitative estimate of drug-likeness (QED) is 0.786. The van der Waals surface area contributed by atoms with E-state index >= 15 is 0 Å². The van der Waals surface area contributed by atoms with E-state index in [1.807, 2.05) is 18.4 Å². The van der Waals surface area contributed by atoms with Crippen molar-refractivity contribution in [3.63, 3.8) is 0 Å². The van der Waals surface area contributed by atoms with Crippen LogP contribution in [0.15, 0.2) is 12.4 Å². The summed E-state index contributed by atoms with van der Waals surface area (Å²) in [4.78, 5) is 16.9. The lowest BCUT2D eigenvalue weighted by Gasteiger charge is -2.55. The van der Waals surface area contributed by atoms with Gasteiger partial charge in [-0.3, -0.25) is 0 Å². The summed E-state index contributed by atoms with van der Waals surface area (Å²) in [5.74, 6) is 2.02. The third-order valence-electron chi connectivity index (χ3n) is 6.99. The molecule has 0 aromatic carbocycles. The van der Waals surface area contributed by atoms with Crippen molar-refractivity contribution < 1.29 is 4.74 Å². The number of thiophene rings is 1. The van der Waals surface area contributed by atoms with E-state index in [1.54, 1.807) is 6.33 Å². The fourth-order valence-electron chi connectivity index (χ4n) is 5.24. The number of aromatic nitrogens is 2. The van der Waals surface area contributed by atoms with Crippen molar-refractivity contribution >= 4 is 27.4 Å². The number of fused-ring (bicyclic) bond motifs is 1. The smallest absolute Gasteiger partial charge is 0.140 e. The molecule has 1 saturated carbocycles. The Bertz CT molecular complexity index is 800. The molecule has 5 rings (SSSR count). The number of anilines is 1. The molecule has 1 aliphatic carbocycles. The molecular formula is C21H30N4OS. The molecule has 0 amide bonds. The number of piperidine rings is 1. The fourth-order valence-corrected chi connectivity index (χ4v) is 6.17. The molecule has 1 spiro atoms. The van der Waals surface area contributed by atoms with Crippen LogP contribution in [0.1, 0.15) is 37.5 Å². The van der Waals surface area contributed by atoms with E-state index in [-0.39, 0.29) is 0 Å². The highest BCUT2D eigenvalue weighted by molar-refractivity contribution is 7.18. The van der Waals surface area contributed by atoms with E-state index in [2.05, 4.69) is 32.8 Å². The van der Waals surface area contributed by atoms with Crippen LogP contribution in [0.25, 0.3) is 10.2 Å². The average Bonchev–Trinajstić information content (AvgIpc) is 3.06. The Labute approximate surface area is 165 Å². The van der Waals surface area contributed by atoms with E-state index in [4.69, 9.17) is 4.74 Å². The van der Waals surface area contributed by atoms with Crippen LogP contribution in [-0.4, -0.2) is 60.8 Å². The molecule has 6 heteroatoms. The van der Waals surface area contributed by atoms with Crippen molar-refractivity contribution in [2.45, 2.75) is 45.1 Å². The number of hydrogen-bond acceptors (Lipinski definition) is 6. The number of hydrogen-bond donors (Lipinski definition) is 0. The van der Waals surface area contributed by atoms with Crippen molar-refractivity contribution in [3.05, 3.63) is 17.3 Å². The first-order valence-electron chi connectivity index (χ1n) is 10.4. The monoisotopic (exact) mass is 386 g/mol. The van der Waals surface area contributed by atoms with Gasteiger partial charge in [-0.15, -0.1) is 11.3 Å². The number of aryl methyl sites for hydroxylation is 1. The molecule has 2 aromatic heterocycles. The lowest BCUT2D eigenvalue weighted by molar-refractivity contribution is -0.0621. The summed E-state index contributed by atoms with van der Waals surface area (Å²) >= 11 is 1.81. The van der Waals surface area contributed by atoms with Gasteiger partial charge in [-0.1, -0.05) is 6.92 Å². The van der Waals surface area contributed by atoms with Crippen LogP contribution in [0.4, 0.5) is 5.82 Å². The minimum absolute atomic E-state index is 0.531. The molecule has 0 radical (unpaired) electrons. The summed E-state index contributed by atoms with van der Waals surface area (Å²) in [5, 5.41) is 1.25. The van der Waals surface area contributed by atoms with Gasteiger partial charge >= 0.3 is 0 Å². The van der Waals surface area contributed by atoms with Gasteiger partial charge in [0.1, 0.15) is 17.0 Å². The largest absolute Gasteiger partial charge is 0.381 e. The molecule has 2 aliphatic heterocycles. The first-order valence-corrected chi connectivity index (χ1v) is 11.2. The molecule has 0 atom stereocenters. The van der Waals surface area contributed by atoms with Gasteiger partial charge in [0, 0.05) is 44.7 Å². The third kappa shape index (κ3) is 3.26. The Balaban J connectivity index is 1.18. The lowest BCUT2D eigenvalue weighted by atomic mass is 9.70. The second-order valence-electron chi connectivity index (χ2n) is 8.83.